The van der Waals surface area contributed by atoms with Crippen LogP contribution in [0.2, 0.25) is 0 Å². The van der Waals surface area contributed by atoms with Gasteiger partial charge in [-0.3, -0.25) is 9.59 Å². The van der Waals surface area contributed by atoms with Gasteiger partial charge in [-0.25, -0.2) is 0 Å². The predicted octanol–water partition coefficient (Wildman–Crippen LogP) is 2.65. The Balaban J connectivity index is 2.12. The molecular formula is C19H23NO6. The molecule has 7 nitrogen and oxygen atoms in total. The van der Waals surface area contributed by atoms with E-state index in [2.05, 4.69) is 5.32 Å². The first-order valence-corrected chi connectivity index (χ1v) is 8.17. The number of carbonyl (C=O) groups is 2. The molecule has 1 aromatic heterocycles. The van der Waals surface area contributed by atoms with E-state index < -0.39 is 12.0 Å². The van der Waals surface area contributed by atoms with Crippen LogP contribution >= 0.6 is 0 Å². The molecule has 0 saturated carbocycles. The highest BCUT2D eigenvalue weighted by Gasteiger charge is 2.20. The van der Waals surface area contributed by atoms with E-state index in [4.69, 9.17) is 18.6 Å². The molecule has 26 heavy (non-hydrogen) atoms. The molecule has 2 aromatic rings. The van der Waals surface area contributed by atoms with Gasteiger partial charge >= 0.3 is 5.97 Å². The number of benzene rings is 1. The third-order valence-electron chi connectivity index (χ3n) is 3.92. The first kappa shape index (κ1) is 19.4. The summed E-state index contributed by atoms with van der Waals surface area (Å²) >= 11 is 0. The third kappa shape index (κ3) is 5.27. The van der Waals surface area contributed by atoms with Gasteiger partial charge in [0.25, 0.3) is 0 Å². The lowest BCUT2D eigenvalue weighted by molar-refractivity contribution is -0.141. The third-order valence-corrected chi connectivity index (χ3v) is 3.92. The van der Waals surface area contributed by atoms with E-state index in [0.717, 1.165) is 11.3 Å². The van der Waals surface area contributed by atoms with Gasteiger partial charge in [-0.05, 0) is 29.8 Å². The molecule has 0 unspecified atom stereocenters. The van der Waals surface area contributed by atoms with Crippen LogP contribution in [0.5, 0.6) is 11.5 Å². The van der Waals surface area contributed by atoms with E-state index in [0.29, 0.717) is 17.9 Å². The summed E-state index contributed by atoms with van der Waals surface area (Å²) in [5.74, 6) is 1.21. The van der Waals surface area contributed by atoms with Crippen LogP contribution in [0.3, 0.4) is 0 Å². The molecule has 7 heteroatoms. The normalized spacial score (nSPS) is 11.5. The molecule has 1 aromatic carbocycles. The Hall–Kier alpha value is -2.96. The standard InChI is InChI=1S/C19H23NO6/c1-23-16-8-6-13(11-17(16)24-2)15(12-19(22)25-3)20-18(21)9-7-14-5-4-10-26-14/h4-6,8,10-11,15H,7,9,12H2,1-3H3,(H,20,21)/t15-/m1/s1. The highest BCUT2D eigenvalue weighted by Crippen LogP contribution is 2.31. The zero-order valence-corrected chi connectivity index (χ0v) is 15.1. The van der Waals surface area contributed by atoms with Gasteiger partial charge < -0.3 is 23.9 Å². The molecule has 0 radical (unpaired) electrons. The van der Waals surface area contributed by atoms with Gasteiger partial charge in [0.05, 0.1) is 40.1 Å². The van der Waals surface area contributed by atoms with E-state index in [-0.39, 0.29) is 18.7 Å². The van der Waals surface area contributed by atoms with Crippen molar-refractivity contribution < 1.29 is 28.2 Å². The smallest absolute Gasteiger partial charge is 0.307 e. The van der Waals surface area contributed by atoms with Crippen molar-refractivity contribution >= 4 is 11.9 Å². The van der Waals surface area contributed by atoms with Gasteiger partial charge in [0, 0.05) is 12.8 Å². The molecule has 0 fully saturated rings. The summed E-state index contributed by atoms with van der Waals surface area (Å²) in [7, 11) is 4.38. The van der Waals surface area contributed by atoms with Crippen molar-refractivity contribution in [3.8, 4) is 11.5 Å². The van der Waals surface area contributed by atoms with Crippen molar-refractivity contribution in [1.29, 1.82) is 0 Å². The molecule has 0 bridgehead atoms. The monoisotopic (exact) mass is 361 g/mol. The number of nitrogens with one attached hydrogen (secondary N) is 1. The Kier molecular flexibility index (Phi) is 7.08. The Bertz CT molecular complexity index is 726. The van der Waals surface area contributed by atoms with Crippen LogP contribution in [0.1, 0.15) is 30.2 Å². The van der Waals surface area contributed by atoms with Gasteiger partial charge in [0.2, 0.25) is 5.91 Å². The number of esters is 1. The topological polar surface area (TPSA) is 87.0 Å². The van der Waals surface area contributed by atoms with Crippen LogP contribution in [0, 0.1) is 0 Å². The lowest BCUT2D eigenvalue weighted by atomic mass is 10.0. The number of amides is 1. The average molecular weight is 361 g/mol. The van der Waals surface area contributed by atoms with Crippen LogP contribution in [-0.2, 0) is 20.7 Å². The van der Waals surface area contributed by atoms with Crippen molar-refractivity contribution in [2.45, 2.75) is 25.3 Å². The number of aryl methyl sites for hydroxylation is 1. The summed E-state index contributed by atoms with van der Waals surface area (Å²) in [5, 5.41) is 2.87. The van der Waals surface area contributed by atoms with Crippen LogP contribution in [-0.4, -0.2) is 33.2 Å². The molecule has 0 spiro atoms. The van der Waals surface area contributed by atoms with Crippen molar-refractivity contribution in [3.05, 3.63) is 47.9 Å². The van der Waals surface area contributed by atoms with E-state index in [1.807, 2.05) is 6.07 Å². The van der Waals surface area contributed by atoms with Gasteiger partial charge in [-0.15, -0.1) is 0 Å². The zero-order valence-electron chi connectivity index (χ0n) is 15.1. The van der Waals surface area contributed by atoms with Gasteiger partial charge in [-0.2, -0.15) is 0 Å². The van der Waals surface area contributed by atoms with E-state index >= 15 is 0 Å². The molecule has 1 heterocycles. The van der Waals surface area contributed by atoms with Crippen LogP contribution < -0.4 is 14.8 Å². The molecule has 2 rings (SSSR count). The Morgan fingerprint density at radius 1 is 1.12 bits per heavy atom. The second-order valence-corrected chi connectivity index (χ2v) is 5.59. The predicted molar refractivity (Wildman–Crippen MR) is 94.1 cm³/mol. The van der Waals surface area contributed by atoms with E-state index in [9.17, 15) is 9.59 Å². The lowest BCUT2D eigenvalue weighted by Crippen LogP contribution is -2.30. The zero-order chi connectivity index (χ0) is 18.9. The minimum Gasteiger partial charge on any atom is -0.493 e. The first-order valence-electron chi connectivity index (χ1n) is 8.17. The quantitative estimate of drug-likeness (QED) is 0.691. The summed E-state index contributed by atoms with van der Waals surface area (Å²) in [4.78, 5) is 24.1. The molecule has 140 valence electrons. The fourth-order valence-electron chi connectivity index (χ4n) is 2.53. The Labute approximate surface area is 152 Å². The molecular weight excluding hydrogens is 338 g/mol. The second-order valence-electron chi connectivity index (χ2n) is 5.59. The van der Waals surface area contributed by atoms with Crippen molar-refractivity contribution in [3.63, 3.8) is 0 Å². The first-order chi connectivity index (χ1) is 12.6. The second kappa shape index (κ2) is 9.50. The Morgan fingerprint density at radius 2 is 1.88 bits per heavy atom. The van der Waals surface area contributed by atoms with Crippen molar-refractivity contribution in [1.82, 2.24) is 5.32 Å². The number of hydrogen-bond acceptors (Lipinski definition) is 6. The summed E-state index contributed by atoms with van der Waals surface area (Å²) in [5.41, 5.74) is 0.722. The maximum absolute atomic E-state index is 12.3. The molecule has 0 aliphatic rings. The summed E-state index contributed by atoms with van der Waals surface area (Å²) in [6.07, 6.45) is 2.31. The molecule has 1 N–H and O–H groups in total. The minimum atomic E-state index is -0.536. The van der Waals surface area contributed by atoms with Crippen LogP contribution in [0.25, 0.3) is 0 Å². The van der Waals surface area contributed by atoms with Gasteiger partial charge in [0.15, 0.2) is 11.5 Å². The highest BCUT2D eigenvalue weighted by atomic mass is 16.5. The molecule has 1 atom stereocenters. The number of carbonyl (C=O) groups excluding carboxylic acids is 2. The van der Waals surface area contributed by atoms with Crippen LogP contribution in [0.4, 0.5) is 0 Å². The number of methoxy groups -OCH3 is 3. The lowest BCUT2D eigenvalue weighted by Gasteiger charge is -2.19. The number of hydrogen-bond donors (Lipinski definition) is 1. The summed E-state index contributed by atoms with van der Waals surface area (Å²) in [6, 6.07) is 8.30. The molecule has 0 saturated heterocycles. The number of ether oxygens (including phenoxy) is 3. The van der Waals surface area contributed by atoms with E-state index in [1.54, 1.807) is 37.6 Å². The summed E-state index contributed by atoms with van der Waals surface area (Å²) in [6.45, 7) is 0. The number of rotatable bonds is 9. The summed E-state index contributed by atoms with van der Waals surface area (Å²) < 4.78 is 20.5. The Morgan fingerprint density at radius 3 is 2.50 bits per heavy atom. The fraction of sp³-hybridized carbons (Fsp3) is 0.368. The van der Waals surface area contributed by atoms with Gasteiger partial charge in [-0.1, -0.05) is 6.07 Å². The fourth-order valence-corrected chi connectivity index (χ4v) is 2.53. The maximum Gasteiger partial charge on any atom is 0.307 e. The largest absolute Gasteiger partial charge is 0.493 e. The number of furan rings is 1. The maximum atomic E-state index is 12.3. The minimum absolute atomic E-state index is 0.0124. The average Bonchev–Trinajstić information content (AvgIpc) is 3.18. The van der Waals surface area contributed by atoms with Crippen molar-refractivity contribution in [2.75, 3.05) is 21.3 Å². The molecule has 0 aliphatic carbocycles. The van der Waals surface area contributed by atoms with E-state index in [1.165, 1.54) is 14.2 Å². The highest BCUT2D eigenvalue weighted by molar-refractivity contribution is 5.78. The molecule has 1 amide bonds. The van der Waals surface area contributed by atoms with Crippen LogP contribution in [0.15, 0.2) is 41.0 Å². The van der Waals surface area contributed by atoms with Gasteiger partial charge in [0.1, 0.15) is 5.76 Å². The van der Waals surface area contributed by atoms with Crippen molar-refractivity contribution in [2.24, 2.45) is 0 Å². The molecule has 0 aliphatic heterocycles. The SMILES string of the molecule is COC(=O)C[C@@H](NC(=O)CCc1ccco1)c1ccc(OC)c(OC)c1.